The zero-order chi connectivity index (χ0) is 13.8. The van der Waals surface area contributed by atoms with Crippen LogP contribution in [0.1, 0.15) is 59.8 Å². The molecule has 1 fully saturated rings. The van der Waals surface area contributed by atoms with Crippen molar-refractivity contribution in [3.05, 3.63) is 12.2 Å². The molecule has 106 valence electrons. The summed E-state index contributed by atoms with van der Waals surface area (Å²) in [5.74, 6) is 5.76. The minimum atomic E-state index is -0.113. The van der Waals surface area contributed by atoms with Crippen molar-refractivity contribution in [3.8, 4) is 0 Å². The van der Waals surface area contributed by atoms with Crippen LogP contribution in [-0.2, 0) is 4.74 Å². The summed E-state index contributed by atoms with van der Waals surface area (Å²) < 4.78 is 6.13. The highest BCUT2D eigenvalue weighted by Gasteiger charge is 2.44. The highest BCUT2D eigenvalue weighted by molar-refractivity contribution is 5.04. The first-order valence-electron chi connectivity index (χ1n) is 7.10. The summed E-state index contributed by atoms with van der Waals surface area (Å²) in [7, 11) is 0. The standard InChI is InChI=1S/C15H30N2O/c1-6-18-15(13(17-16)11-12(2)3)9-7-14(4,5)8-10-15/h13,17H,2,6-11,16H2,1,3-5H3. The van der Waals surface area contributed by atoms with Crippen molar-refractivity contribution in [2.75, 3.05) is 6.61 Å². The molecule has 0 aromatic carbocycles. The predicted molar refractivity (Wildman–Crippen MR) is 77.1 cm³/mol. The van der Waals surface area contributed by atoms with Crippen molar-refractivity contribution in [2.24, 2.45) is 11.3 Å². The molecule has 18 heavy (non-hydrogen) atoms. The van der Waals surface area contributed by atoms with Gasteiger partial charge in [0, 0.05) is 6.61 Å². The van der Waals surface area contributed by atoms with E-state index in [1.807, 2.05) is 0 Å². The topological polar surface area (TPSA) is 47.3 Å². The van der Waals surface area contributed by atoms with E-state index in [4.69, 9.17) is 10.6 Å². The van der Waals surface area contributed by atoms with Crippen molar-refractivity contribution in [2.45, 2.75) is 71.4 Å². The van der Waals surface area contributed by atoms with Gasteiger partial charge < -0.3 is 4.74 Å². The lowest BCUT2D eigenvalue weighted by Crippen LogP contribution is -2.57. The van der Waals surface area contributed by atoms with Gasteiger partial charge in [-0.2, -0.15) is 0 Å². The van der Waals surface area contributed by atoms with Crippen LogP contribution in [0, 0.1) is 5.41 Å². The van der Waals surface area contributed by atoms with Crippen LogP contribution in [0.15, 0.2) is 12.2 Å². The molecule has 0 radical (unpaired) electrons. The molecule has 1 saturated carbocycles. The van der Waals surface area contributed by atoms with Gasteiger partial charge in [-0.25, -0.2) is 0 Å². The minimum Gasteiger partial charge on any atom is -0.374 e. The van der Waals surface area contributed by atoms with Gasteiger partial charge in [0.25, 0.3) is 0 Å². The van der Waals surface area contributed by atoms with Crippen molar-refractivity contribution in [1.82, 2.24) is 5.43 Å². The summed E-state index contributed by atoms with van der Waals surface area (Å²) in [6, 6.07) is 0.172. The molecule has 3 nitrogen and oxygen atoms in total. The Morgan fingerprint density at radius 3 is 2.28 bits per heavy atom. The normalized spacial score (nSPS) is 23.6. The molecule has 1 atom stereocenters. The molecule has 1 unspecified atom stereocenters. The number of ether oxygens (including phenoxy) is 1. The fourth-order valence-corrected chi connectivity index (χ4v) is 2.98. The van der Waals surface area contributed by atoms with Gasteiger partial charge in [-0.05, 0) is 51.4 Å². The lowest BCUT2D eigenvalue weighted by atomic mass is 9.67. The number of rotatable bonds is 6. The summed E-state index contributed by atoms with van der Waals surface area (Å²) >= 11 is 0. The molecule has 0 heterocycles. The van der Waals surface area contributed by atoms with E-state index in [0.717, 1.165) is 31.4 Å². The van der Waals surface area contributed by atoms with Gasteiger partial charge in [-0.15, -0.1) is 6.58 Å². The Morgan fingerprint density at radius 1 is 1.33 bits per heavy atom. The van der Waals surface area contributed by atoms with Crippen LogP contribution in [0.4, 0.5) is 0 Å². The zero-order valence-corrected chi connectivity index (χ0v) is 12.5. The van der Waals surface area contributed by atoms with E-state index in [0.29, 0.717) is 5.41 Å². The van der Waals surface area contributed by atoms with Crippen LogP contribution < -0.4 is 11.3 Å². The van der Waals surface area contributed by atoms with E-state index < -0.39 is 0 Å². The molecule has 1 aliphatic rings. The van der Waals surface area contributed by atoms with Gasteiger partial charge in [0.15, 0.2) is 0 Å². The average molecular weight is 254 g/mol. The smallest absolute Gasteiger partial charge is 0.0851 e. The van der Waals surface area contributed by atoms with Gasteiger partial charge in [0.1, 0.15) is 0 Å². The Bertz CT molecular complexity index is 276. The molecule has 0 aromatic rings. The number of hydrogen-bond donors (Lipinski definition) is 2. The molecule has 3 heteroatoms. The van der Waals surface area contributed by atoms with E-state index in [1.54, 1.807) is 0 Å². The van der Waals surface area contributed by atoms with E-state index in [1.165, 1.54) is 12.8 Å². The van der Waals surface area contributed by atoms with Crippen LogP contribution in [0.2, 0.25) is 0 Å². The first kappa shape index (κ1) is 15.7. The first-order valence-corrected chi connectivity index (χ1v) is 7.10. The van der Waals surface area contributed by atoms with Gasteiger partial charge in [0.05, 0.1) is 11.6 Å². The maximum Gasteiger partial charge on any atom is 0.0851 e. The fourth-order valence-electron chi connectivity index (χ4n) is 2.98. The van der Waals surface area contributed by atoms with Crippen LogP contribution >= 0.6 is 0 Å². The quantitative estimate of drug-likeness (QED) is 0.435. The van der Waals surface area contributed by atoms with Crippen molar-refractivity contribution in [1.29, 1.82) is 0 Å². The number of nitrogens with two attached hydrogens (primary N) is 1. The summed E-state index contributed by atoms with van der Waals surface area (Å²) in [6.45, 7) is 13.5. The molecule has 0 spiro atoms. The van der Waals surface area contributed by atoms with Gasteiger partial charge in [-0.1, -0.05) is 19.4 Å². The summed E-state index contributed by atoms with van der Waals surface area (Å²) in [5.41, 5.74) is 4.45. The summed E-state index contributed by atoms with van der Waals surface area (Å²) in [4.78, 5) is 0. The Balaban J connectivity index is 2.82. The maximum atomic E-state index is 6.13. The Labute approximate surface area is 112 Å². The Hall–Kier alpha value is -0.380. The van der Waals surface area contributed by atoms with E-state index in [2.05, 4.69) is 39.7 Å². The molecule has 0 amide bonds. The molecular formula is C15H30N2O. The zero-order valence-electron chi connectivity index (χ0n) is 12.5. The number of hydrogen-bond acceptors (Lipinski definition) is 3. The highest BCUT2D eigenvalue weighted by atomic mass is 16.5. The number of hydrazine groups is 1. The molecular weight excluding hydrogens is 224 g/mol. The number of nitrogens with one attached hydrogen (secondary N) is 1. The molecule has 1 aliphatic carbocycles. The molecule has 0 saturated heterocycles. The van der Waals surface area contributed by atoms with Crippen molar-refractivity contribution in [3.63, 3.8) is 0 Å². The maximum absolute atomic E-state index is 6.13. The Morgan fingerprint density at radius 2 is 1.89 bits per heavy atom. The van der Waals surface area contributed by atoms with E-state index in [9.17, 15) is 0 Å². The van der Waals surface area contributed by atoms with Gasteiger partial charge >= 0.3 is 0 Å². The minimum absolute atomic E-state index is 0.113. The van der Waals surface area contributed by atoms with Crippen molar-refractivity contribution >= 4 is 0 Å². The SMILES string of the molecule is C=C(C)CC(NN)C1(OCC)CCC(C)(C)CC1. The predicted octanol–water partition coefficient (Wildman–Crippen LogP) is 3.16. The average Bonchev–Trinajstić information content (AvgIpc) is 2.29. The van der Waals surface area contributed by atoms with E-state index >= 15 is 0 Å². The van der Waals surface area contributed by atoms with Gasteiger partial charge in [0.2, 0.25) is 0 Å². The second kappa shape index (κ2) is 6.18. The Kier molecular flexibility index (Phi) is 5.38. The fraction of sp³-hybridized carbons (Fsp3) is 0.867. The third-order valence-electron chi connectivity index (χ3n) is 4.27. The summed E-state index contributed by atoms with van der Waals surface area (Å²) in [6.07, 6.45) is 5.44. The molecule has 0 bridgehead atoms. The molecule has 0 aliphatic heterocycles. The molecule has 0 aromatic heterocycles. The molecule has 3 N–H and O–H groups in total. The van der Waals surface area contributed by atoms with Crippen LogP contribution in [0.5, 0.6) is 0 Å². The largest absolute Gasteiger partial charge is 0.374 e. The van der Waals surface area contributed by atoms with Gasteiger partial charge in [-0.3, -0.25) is 11.3 Å². The first-order chi connectivity index (χ1) is 8.35. The van der Waals surface area contributed by atoms with Crippen LogP contribution in [-0.4, -0.2) is 18.2 Å². The monoisotopic (exact) mass is 254 g/mol. The lowest BCUT2D eigenvalue weighted by molar-refractivity contribution is -0.106. The van der Waals surface area contributed by atoms with Crippen molar-refractivity contribution < 1.29 is 4.74 Å². The third kappa shape index (κ3) is 3.81. The summed E-state index contributed by atoms with van der Waals surface area (Å²) in [5, 5.41) is 0. The molecule has 1 rings (SSSR count). The lowest BCUT2D eigenvalue weighted by Gasteiger charge is -2.47. The van der Waals surface area contributed by atoms with Crippen LogP contribution in [0.25, 0.3) is 0 Å². The highest BCUT2D eigenvalue weighted by Crippen LogP contribution is 2.44. The third-order valence-corrected chi connectivity index (χ3v) is 4.27. The van der Waals surface area contributed by atoms with Crippen LogP contribution in [0.3, 0.4) is 0 Å². The second-order valence-corrected chi connectivity index (χ2v) is 6.54. The van der Waals surface area contributed by atoms with E-state index in [-0.39, 0.29) is 11.6 Å². The second-order valence-electron chi connectivity index (χ2n) is 6.54.